The molecule has 2 aromatic rings. The molecule has 4 aliphatic rings. The molecule has 4 nitrogen and oxygen atoms in total. The second kappa shape index (κ2) is 8.36. The Morgan fingerprint density at radius 2 is 1.88 bits per heavy atom. The van der Waals surface area contributed by atoms with Gasteiger partial charge in [0.25, 0.3) is 0 Å². The van der Waals surface area contributed by atoms with Gasteiger partial charge in [0, 0.05) is 19.2 Å². The van der Waals surface area contributed by atoms with Gasteiger partial charge in [-0.2, -0.15) is 0 Å². The number of nitrogen functional groups attached to an aromatic ring is 1. The minimum absolute atomic E-state index is 0.207. The van der Waals surface area contributed by atoms with Crippen LogP contribution in [0.3, 0.4) is 0 Å². The number of rotatable bonds is 7. The fraction of sp³-hybridized carbons (Fsp3) is 0.444. The summed E-state index contributed by atoms with van der Waals surface area (Å²) >= 11 is 0. The van der Waals surface area contributed by atoms with Crippen molar-refractivity contribution < 1.29 is 9.18 Å². The Kier molecular flexibility index (Phi) is 5.54. The Morgan fingerprint density at radius 1 is 1.16 bits per heavy atom. The topological polar surface area (TPSA) is 58.4 Å². The highest BCUT2D eigenvalue weighted by Gasteiger charge is 2.57. The molecule has 0 saturated heterocycles. The summed E-state index contributed by atoms with van der Waals surface area (Å²) in [5.41, 5.74) is 9.20. The summed E-state index contributed by atoms with van der Waals surface area (Å²) in [7, 11) is 2.26. The van der Waals surface area contributed by atoms with Crippen LogP contribution in [0.5, 0.6) is 0 Å². The number of carbonyl (C=O) groups is 1. The molecule has 0 aromatic heterocycles. The molecule has 2 aromatic carbocycles. The molecular formula is C27H32FN3O. The maximum absolute atomic E-state index is 13.1. The van der Waals surface area contributed by atoms with Gasteiger partial charge in [0.05, 0.1) is 11.4 Å². The first kappa shape index (κ1) is 21.2. The number of halogens is 1. The zero-order valence-corrected chi connectivity index (χ0v) is 18.7. The van der Waals surface area contributed by atoms with E-state index < -0.39 is 5.82 Å². The molecule has 1 amide bonds. The molecule has 5 heteroatoms. The second-order valence-corrected chi connectivity index (χ2v) is 10.4. The molecule has 4 saturated carbocycles. The van der Waals surface area contributed by atoms with E-state index in [-0.39, 0.29) is 11.6 Å². The van der Waals surface area contributed by atoms with Crippen molar-refractivity contribution in [3.05, 3.63) is 65.5 Å². The number of nitrogens with zero attached hydrogens (tertiary/aromatic N) is 1. The van der Waals surface area contributed by atoms with Crippen molar-refractivity contribution in [3.8, 4) is 0 Å². The van der Waals surface area contributed by atoms with Crippen molar-refractivity contribution in [2.45, 2.75) is 38.6 Å². The molecule has 4 aliphatic carbocycles. The molecule has 0 heterocycles. The molecule has 32 heavy (non-hydrogen) atoms. The molecule has 3 N–H and O–H groups in total. The fourth-order valence-corrected chi connectivity index (χ4v) is 6.86. The summed E-state index contributed by atoms with van der Waals surface area (Å²) in [6.07, 6.45) is 10.6. The Bertz CT molecular complexity index is 1020. The van der Waals surface area contributed by atoms with Crippen LogP contribution < -0.4 is 11.1 Å². The second-order valence-electron chi connectivity index (χ2n) is 10.4. The Labute approximate surface area is 189 Å². The maximum atomic E-state index is 13.1. The summed E-state index contributed by atoms with van der Waals surface area (Å²) in [5, 5.41) is 2.68. The Morgan fingerprint density at radius 3 is 2.56 bits per heavy atom. The molecule has 2 atom stereocenters. The highest BCUT2D eigenvalue weighted by Crippen LogP contribution is 2.65. The van der Waals surface area contributed by atoms with Crippen molar-refractivity contribution in [1.29, 1.82) is 0 Å². The monoisotopic (exact) mass is 433 g/mol. The first-order valence-electron chi connectivity index (χ1n) is 11.7. The van der Waals surface area contributed by atoms with Crippen LogP contribution in [0.25, 0.3) is 6.08 Å². The Balaban J connectivity index is 1.14. The van der Waals surface area contributed by atoms with E-state index in [1.165, 1.54) is 68.5 Å². The highest BCUT2D eigenvalue weighted by atomic mass is 19.1. The third-order valence-electron chi connectivity index (χ3n) is 7.87. The molecule has 0 spiro atoms. The quantitative estimate of drug-likeness (QED) is 0.459. The smallest absolute Gasteiger partial charge is 0.248 e. The van der Waals surface area contributed by atoms with Gasteiger partial charge in [0.1, 0.15) is 5.82 Å². The molecule has 2 unspecified atom stereocenters. The lowest BCUT2D eigenvalue weighted by molar-refractivity contribution is -0.111. The largest absolute Gasteiger partial charge is 0.397 e. The number of anilines is 2. The van der Waals surface area contributed by atoms with Gasteiger partial charge in [-0.05, 0) is 97.7 Å². The van der Waals surface area contributed by atoms with E-state index >= 15 is 0 Å². The zero-order chi connectivity index (χ0) is 22.3. The van der Waals surface area contributed by atoms with Gasteiger partial charge in [-0.15, -0.1) is 0 Å². The van der Waals surface area contributed by atoms with Gasteiger partial charge in [-0.3, -0.25) is 4.79 Å². The summed E-state index contributed by atoms with van der Waals surface area (Å²) < 4.78 is 13.1. The first-order chi connectivity index (χ1) is 15.4. The lowest BCUT2D eigenvalue weighted by Crippen LogP contribution is -2.36. The summed E-state index contributed by atoms with van der Waals surface area (Å²) in [5.74, 6) is 2.25. The van der Waals surface area contributed by atoms with Gasteiger partial charge in [0.2, 0.25) is 5.91 Å². The van der Waals surface area contributed by atoms with E-state index in [4.69, 9.17) is 5.73 Å². The molecule has 0 radical (unpaired) electrons. The van der Waals surface area contributed by atoms with Gasteiger partial charge in [-0.25, -0.2) is 4.39 Å². The Hall–Kier alpha value is -2.66. The third kappa shape index (κ3) is 4.31. The third-order valence-corrected chi connectivity index (χ3v) is 7.87. The van der Waals surface area contributed by atoms with E-state index in [0.717, 1.165) is 29.9 Å². The van der Waals surface area contributed by atoms with E-state index in [0.29, 0.717) is 11.1 Å². The van der Waals surface area contributed by atoms with Crippen LogP contribution in [0, 0.1) is 29.0 Å². The minimum atomic E-state index is -0.427. The summed E-state index contributed by atoms with van der Waals surface area (Å²) in [6.45, 7) is 2.18. The minimum Gasteiger partial charge on any atom is -0.397 e. The lowest BCUT2D eigenvalue weighted by Gasteiger charge is -2.36. The molecule has 4 bridgehead atoms. The van der Waals surface area contributed by atoms with Gasteiger partial charge in [0.15, 0.2) is 0 Å². The number of nitrogens with one attached hydrogen (secondary N) is 1. The lowest BCUT2D eigenvalue weighted by atomic mass is 9.75. The SMILES string of the molecule is CN(Cc1ccc(/C=C/C(=O)Nc2ccc(F)cc2N)cc1)CC12CC3CC(CC1C3)C2. The number of hydrogen-bond acceptors (Lipinski definition) is 3. The number of carbonyl (C=O) groups excluding carboxylic acids is 1. The zero-order valence-electron chi connectivity index (χ0n) is 18.7. The van der Waals surface area contributed by atoms with Crippen molar-refractivity contribution >= 4 is 23.4 Å². The highest BCUT2D eigenvalue weighted by molar-refractivity contribution is 6.03. The van der Waals surface area contributed by atoms with Gasteiger partial charge in [-0.1, -0.05) is 24.3 Å². The maximum Gasteiger partial charge on any atom is 0.248 e. The number of benzene rings is 2. The van der Waals surface area contributed by atoms with Crippen LogP contribution >= 0.6 is 0 Å². The van der Waals surface area contributed by atoms with Crippen LogP contribution in [0.1, 0.15) is 43.2 Å². The van der Waals surface area contributed by atoms with Crippen molar-refractivity contribution in [3.63, 3.8) is 0 Å². The average molecular weight is 434 g/mol. The van der Waals surface area contributed by atoms with Crippen LogP contribution in [0.4, 0.5) is 15.8 Å². The average Bonchev–Trinajstić information content (AvgIpc) is 3.12. The molecule has 168 valence electrons. The van der Waals surface area contributed by atoms with Crippen molar-refractivity contribution in [2.24, 2.45) is 23.2 Å². The van der Waals surface area contributed by atoms with E-state index in [9.17, 15) is 9.18 Å². The van der Waals surface area contributed by atoms with E-state index in [1.54, 1.807) is 6.08 Å². The summed E-state index contributed by atoms with van der Waals surface area (Å²) in [6, 6.07) is 12.3. The van der Waals surface area contributed by atoms with Gasteiger partial charge < -0.3 is 16.0 Å². The van der Waals surface area contributed by atoms with E-state index in [2.05, 4.69) is 29.4 Å². The molecular weight excluding hydrogens is 401 g/mol. The summed E-state index contributed by atoms with van der Waals surface area (Å²) in [4.78, 5) is 14.7. The van der Waals surface area contributed by atoms with Crippen molar-refractivity contribution in [2.75, 3.05) is 24.6 Å². The normalized spacial score (nSPS) is 28.2. The van der Waals surface area contributed by atoms with E-state index in [1.807, 2.05) is 12.1 Å². The first-order valence-corrected chi connectivity index (χ1v) is 11.7. The van der Waals surface area contributed by atoms with Gasteiger partial charge >= 0.3 is 0 Å². The molecule has 4 fully saturated rings. The fourth-order valence-electron chi connectivity index (χ4n) is 6.86. The number of nitrogens with two attached hydrogens (primary N) is 1. The number of amides is 1. The molecule has 6 rings (SSSR count). The predicted octanol–water partition coefficient (Wildman–Crippen LogP) is 5.32. The number of hydrogen-bond donors (Lipinski definition) is 2. The van der Waals surface area contributed by atoms with Crippen LogP contribution in [-0.4, -0.2) is 24.4 Å². The standard InChI is InChI=1S/C27H32FN3O/c1-31(17-27-14-20-10-21(15-27)12-22(27)11-20)16-19-4-2-18(3-5-19)6-9-26(32)30-25-8-7-23(28)13-24(25)29/h2-9,13,20-22H,10-12,14-17,29H2,1H3,(H,30,32)/b9-6+. The van der Waals surface area contributed by atoms with Crippen molar-refractivity contribution in [1.82, 2.24) is 4.90 Å². The molecule has 0 aliphatic heterocycles. The van der Waals surface area contributed by atoms with Crippen LogP contribution in [0.2, 0.25) is 0 Å². The van der Waals surface area contributed by atoms with Crippen LogP contribution in [0.15, 0.2) is 48.5 Å². The van der Waals surface area contributed by atoms with Crippen LogP contribution in [-0.2, 0) is 11.3 Å². The predicted molar refractivity (Wildman–Crippen MR) is 127 cm³/mol.